The minimum absolute atomic E-state index is 0.0788. The number of ether oxygens (including phenoxy) is 1. The number of thiocarbonyl (C=S) groups is 1. The first-order chi connectivity index (χ1) is 12.0. The predicted octanol–water partition coefficient (Wildman–Crippen LogP) is 3.66. The minimum atomic E-state index is -0.491. The first-order valence-corrected chi connectivity index (χ1v) is 8.45. The van der Waals surface area contributed by atoms with E-state index in [0.717, 1.165) is 17.3 Å². The monoisotopic (exact) mass is 372 g/mol. The molecule has 0 bridgehead atoms. The maximum absolute atomic E-state index is 11.8. The van der Waals surface area contributed by atoms with Gasteiger partial charge in [-0.3, -0.25) is 14.9 Å². The molecule has 1 N–H and O–H groups in total. The van der Waals surface area contributed by atoms with Crippen molar-refractivity contribution >= 4 is 46.0 Å². The summed E-state index contributed by atoms with van der Waals surface area (Å²) < 4.78 is 6.14. The number of carbonyl (C=O) groups is 1. The van der Waals surface area contributed by atoms with Gasteiger partial charge in [-0.2, -0.15) is 0 Å². The van der Waals surface area contributed by atoms with Crippen LogP contribution >= 0.6 is 24.0 Å². The largest absolute Gasteiger partial charge is 0.488 e. The fraction of sp³-hybridized carbons (Fsp3) is 0.0588. The van der Waals surface area contributed by atoms with E-state index in [2.05, 4.69) is 5.32 Å². The number of nitro benzene ring substituents is 1. The number of hydrogen-bond donors (Lipinski definition) is 1. The molecule has 25 heavy (non-hydrogen) atoms. The Morgan fingerprint density at radius 2 is 2.00 bits per heavy atom. The normalized spacial score (nSPS) is 15.3. The molecule has 1 fully saturated rings. The Kier molecular flexibility index (Phi) is 5.11. The van der Waals surface area contributed by atoms with Crippen LogP contribution in [0.15, 0.2) is 53.4 Å². The van der Waals surface area contributed by atoms with E-state index in [-0.39, 0.29) is 11.6 Å². The summed E-state index contributed by atoms with van der Waals surface area (Å²) in [6, 6.07) is 13.8. The number of nitrogens with zero attached hydrogens (tertiary/aromatic N) is 1. The van der Waals surface area contributed by atoms with Crippen molar-refractivity contribution in [2.24, 2.45) is 0 Å². The van der Waals surface area contributed by atoms with E-state index in [1.54, 1.807) is 6.08 Å². The summed E-state index contributed by atoms with van der Waals surface area (Å²) in [4.78, 5) is 22.8. The van der Waals surface area contributed by atoms with E-state index in [9.17, 15) is 14.9 Å². The van der Waals surface area contributed by atoms with E-state index in [4.69, 9.17) is 17.0 Å². The molecule has 6 nitrogen and oxygen atoms in total. The standard InChI is InChI=1S/C17H12N2O4S2/c20-16-15(25-17(24)18-16)9-12-8-13(19(21)22)6-7-14(12)23-10-11-4-2-1-3-5-11/h1-9H,10H2,(H,18,20,24)/b15-9-. The molecule has 0 spiro atoms. The van der Waals surface area contributed by atoms with Gasteiger partial charge in [-0.05, 0) is 17.7 Å². The maximum Gasteiger partial charge on any atom is 0.270 e. The molecule has 0 aromatic heterocycles. The van der Waals surface area contributed by atoms with E-state index in [1.165, 1.54) is 18.2 Å². The van der Waals surface area contributed by atoms with Gasteiger partial charge in [-0.15, -0.1) is 0 Å². The van der Waals surface area contributed by atoms with Crippen molar-refractivity contribution in [1.82, 2.24) is 5.32 Å². The number of hydrogen-bond acceptors (Lipinski definition) is 6. The summed E-state index contributed by atoms with van der Waals surface area (Å²) in [5.74, 6) is 0.128. The highest BCUT2D eigenvalue weighted by molar-refractivity contribution is 8.26. The molecule has 1 aliphatic rings. The SMILES string of the molecule is O=C1NC(=S)S/C1=C\c1cc([N+](=O)[O-])ccc1OCc1ccccc1. The van der Waals surface area contributed by atoms with Gasteiger partial charge < -0.3 is 10.1 Å². The number of nitro groups is 1. The fourth-order valence-electron chi connectivity index (χ4n) is 2.19. The Morgan fingerprint density at radius 1 is 1.24 bits per heavy atom. The van der Waals surface area contributed by atoms with Crippen LogP contribution in [0.25, 0.3) is 6.08 Å². The third-order valence-electron chi connectivity index (χ3n) is 3.37. The third-order valence-corrected chi connectivity index (χ3v) is 4.53. The molecule has 3 rings (SSSR count). The predicted molar refractivity (Wildman–Crippen MR) is 100 cm³/mol. The Bertz CT molecular complexity index is 881. The summed E-state index contributed by atoms with van der Waals surface area (Å²) in [6.07, 6.45) is 1.55. The highest BCUT2D eigenvalue weighted by atomic mass is 32.2. The Morgan fingerprint density at radius 3 is 2.64 bits per heavy atom. The van der Waals surface area contributed by atoms with Crippen LogP contribution in [0.1, 0.15) is 11.1 Å². The van der Waals surface area contributed by atoms with E-state index < -0.39 is 4.92 Å². The molecular weight excluding hydrogens is 360 g/mol. The van der Waals surface area contributed by atoms with Crippen LogP contribution in [0.2, 0.25) is 0 Å². The summed E-state index contributed by atoms with van der Waals surface area (Å²) in [7, 11) is 0. The van der Waals surface area contributed by atoms with Crippen LogP contribution in [0.4, 0.5) is 5.69 Å². The zero-order chi connectivity index (χ0) is 17.8. The Balaban J connectivity index is 1.91. The van der Waals surface area contributed by atoms with Gasteiger partial charge in [-0.25, -0.2) is 0 Å². The number of carbonyl (C=O) groups excluding carboxylic acids is 1. The van der Waals surface area contributed by atoms with Gasteiger partial charge in [0.2, 0.25) is 0 Å². The molecule has 1 amide bonds. The molecule has 2 aromatic rings. The first kappa shape index (κ1) is 17.1. The summed E-state index contributed by atoms with van der Waals surface area (Å²) in [5.41, 5.74) is 1.34. The Hall–Kier alpha value is -2.71. The molecule has 0 radical (unpaired) electrons. The van der Waals surface area contributed by atoms with Crippen LogP contribution in [0, 0.1) is 10.1 Å². The van der Waals surface area contributed by atoms with Gasteiger partial charge >= 0.3 is 0 Å². The second-order valence-corrected chi connectivity index (χ2v) is 6.82. The molecule has 0 unspecified atom stereocenters. The molecule has 0 saturated carbocycles. The van der Waals surface area contributed by atoms with Gasteiger partial charge in [0, 0.05) is 17.7 Å². The first-order valence-electron chi connectivity index (χ1n) is 7.23. The molecule has 1 aliphatic heterocycles. The lowest BCUT2D eigenvalue weighted by Gasteiger charge is -2.10. The smallest absolute Gasteiger partial charge is 0.270 e. The second kappa shape index (κ2) is 7.45. The van der Waals surface area contributed by atoms with Crippen molar-refractivity contribution in [2.75, 3.05) is 0 Å². The topological polar surface area (TPSA) is 81.5 Å². The molecular formula is C17H12N2O4S2. The van der Waals surface area contributed by atoms with Gasteiger partial charge in [-0.1, -0.05) is 54.3 Å². The lowest BCUT2D eigenvalue weighted by Crippen LogP contribution is -2.17. The quantitative estimate of drug-likeness (QED) is 0.373. The average molecular weight is 372 g/mol. The van der Waals surface area contributed by atoms with Gasteiger partial charge in [0.05, 0.1) is 9.83 Å². The number of benzene rings is 2. The Labute approximate surface area is 153 Å². The van der Waals surface area contributed by atoms with Crippen molar-refractivity contribution in [3.8, 4) is 5.75 Å². The molecule has 0 atom stereocenters. The number of non-ortho nitro benzene ring substituents is 1. The van der Waals surface area contributed by atoms with Crippen LogP contribution < -0.4 is 10.1 Å². The number of amides is 1. The second-order valence-electron chi connectivity index (χ2n) is 5.11. The third kappa shape index (κ3) is 4.23. The van der Waals surface area contributed by atoms with Crippen LogP contribution in [-0.2, 0) is 11.4 Å². The highest BCUT2D eigenvalue weighted by Crippen LogP contribution is 2.31. The van der Waals surface area contributed by atoms with E-state index >= 15 is 0 Å². The molecule has 8 heteroatoms. The van der Waals surface area contributed by atoms with E-state index in [0.29, 0.717) is 27.1 Å². The molecule has 126 valence electrons. The van der Waals surface area contributed by atoms with Crippen molar-refractivity contribution in [2.45, 2.75) is 6.61 Å². The molecule has 2 aromatic carbocycles. The van der Waals surface area contributed by atoms with E-state index in [1.807, 2.05) is 30.3 Å². The summed E-state index contributed by atoms with van der Waals surface area (Å²) in [6.45, 7) is 0.312. The molecule has 0 aliphatic carbocycles. The van der Waals surface area contributed by atoms with Crippen molar-refractivity contribution in [1.29, 1.82) is 0 Å². The zero-order valence-corrected chi connectivity index (χ0v) is 14.4. The van der Waals surface area contributed by atoms with Crippen LogP contribution in [0.3, 0.4) is 0 Å². The summed E-state index contributed by atoms with van der Waals surface area (Å²) >= 11 is 6.07. The van der Waals surface area contributed by atoms with Gasteiger partial charge in [0.15, 0.2) is 0 Å². The van der Waals surface area contributed by atoms with Gasteiger partial charge in [0.25, 0.3) is 11.6 Å². The minimum Gasteiger partial charge on any atom is -0.488 e. The lowest BCUT2D eigenvalue weighted by molar-refractivity contribution is -0.384. The highest BCUT2D eigenvalue weighted by Gasteiger charge is 2.23. The summed E-state index contributed by atoms with van der Waals surface area (Å²) in [5, 5.41) is 13.6. The number of nitrogens with one attached hydrogen (secondary N) is 1. The molecule has 1 heterocycles. The van der Waals surface area contributed by atoms with Crippen molar-refractivity contribution < 1.29 is 14.5 Å². The fourth-order valence-corrected chi connectivity index (χ4v) is 3.23. The lowest BCUT2D eigenvalue weighted by atomic mass is 10.1. The average Bonchev–Trinajstić information content (AvgIpc) is 2.91. The zero-order valence-electron chi connectivity index (χ0n) is 12.8. The van der Waals surface area contributed by atoms with Gasteiger partial charge in [0.1, 0.15) is 16.7 Å². The number of thioether (sulfide) groups is 1. The molecule has 1 saturated heterocycles. The maximum atomic E-state index is 11.8. The van der Waals surface area contributed by atoms with Crippen molar-refractivity contribution in [3.63, 3.8) is 0 Å². The van der Waals surface area contributed by atoms with Crippen LogP contribution in [-0.4, -0.2) is 15.2 Å². The van der Waals surface area contributed by atoms with Crippen LogP contribution in [0.5, 0.6) is 5.75 Å². The number of rotatable bonds is 5. The van der Waals surface area contributed by atoms with Crippen molar-refractivity contribution in [3.05, 3.63) is 74.7 Å².